The molecule has 1 saturated heterocycles. The third-order valence-corrected chi connectivity index (χ3v) is 4.33. The summed E-state index contributed by atoms with van der Waals surface area (Å²) in [5, 5.41) is 8.68. The number of nitrogens with two attached hydrogens (primary N) is 1. The van der Waals surface area contributed by atoms with Gasteiger partial charge < -0.3 is 4.90 Å². The number of rotatable bonds is 3. The first-order valence-electron chi connectivity index (χ1n) is 7.83. The minimum absolute atomic E-state index is 0.00367. The molecule has 1 aliphatic rings. The van der Waals surface area contributed by atoms with Crippen LogP contribution in [0.4, 0.5) is 5.82 Å². The van der Waals surface area contributed by atoms with Crippen molar-refractivity contribution in [1.29, 1.82) is 0 Å². The van der Waals surface area contributed by atoms with E-state index in [0.717, 1.165) is 43.0 Å². The van der Waals surface area contributed by atoms with Crippen LogP contribution in [0.15, 0.2) is 36.4 Å². The topological polar surface area (TPSA) is 84.1 Å². The van der Waals surface area contributed by atoms with Gasteiger partial charge >= 0.3 is 0 Å². The van der Waals surface area contributed by atoms with Crippen LogP contribution in [-0.2, 0) is 4.79 Å². The monoisotopic (exact) mass is 311 g/mol. The Bertz CT molecular complexity index is 660. The van der Waals surface area contributed by atoms with Crippen LogP contribution >= 0.6 is 0 Å². The first-order valence-corrected chi connectivity index (χ1v) is 7.83. The van der Waals surface area contributed by atoms with Crippen molar-refractivity contribution in [1.82, 2.24) is 15.6 Å². The van der Waals surface area contributed by atoms with Gasteiger partial charge in [0.05, 0.1) is 5.69 Å². The molecule has 1 aromatic heterocycles. The zero-order valence-corrected chi connectivity index (χ0v) is 13.2. The summed E-state index contributed by atoms with van der Waals surface area (Å²) in [4.78, 5) is 13.7. The molecule has 0 atom stereocenters. The van der Waals surface area contributed by atoms with Crippen LogP contribution in [0.5, 0.6) is 0 Å². The minimum atomic E-state index is -0.0783. The van der Waals surface area contributed by atoms with Gasteiger partial charge in [-0.3, -0.25) is 10.2 Å². The fourth-order valence-electron chi connectivity index (χ4n) is 2.86. The second-order valence-corrected chi connectivity index (χ2v) is 5.91. The molecular weight excluding hydrogens is 290 g/mol. The first-order chi connectivity index (χ1) is 11.2. The molecule has 0 bridgehead atoms. The number of carbonyl (C=O) groups is 1. The number of aryl methyl sites for hydroxylation is 1. The van der Waals surface area contributed by atoms with E-state index in [9.17, 15) is 4.79 Å². The van der Waals surface area contributed by atoms with E-state index in [1.54, 1.807) is 0 Å². The minimum Gasteiger partial charge on any atom is -0.355 e. The van der Waals surface area contributed by atoms with Crippen molar-refractivity contribution in [3.8, 4) is 11.3 Å². The number of hydrogen-bond donors (Lipinski definition) is 2. The molecule has 6 heteroatoms. The van der Waals surface area contributed by atoms with Crippen molar-refractivity contribution in [3.05, 3.63) is 42.0 Å². The van der Waals surface area contributed by atoms with E-state index >= 15 is 0 Å². The van der Waals surface area contributed by atoms with Crippen LogP contribution in [-0.4, -0.2) is 29.2 Å². The van der Waals surface area contributed by atoms with E-state index in [-0.39, 0.29) is 11.8 Å². The average Bonchev–Trinajstić information content (AvgIpc) is 2.62. The molecule has 1 aromatic carbocycles. The maximum Gasteiger partial charge on any atom is 0.237 e. The van der Waals surface area contributed by atoms with Gasteiger partial charge in [0.15, 0.2) is 5.82 Å². The molecule has 0 radical (unpaired) electrons. The Morgan fingerprint density at radius 1 is 1.13 bits per heavy atom. The van der Waals surface area contributed by atoms with Crippen molar-refractivity contribution in [2.75, 3.05) is 18.0 Å². The fraction of sp³-hybridized carbons (Fsp3) is 0.353. The largest absolute Gasteiger partial charge is 0.355 e. The average molecular weight is 311 g/mol. The number of aromatic nitrogens is 2. The number of hydrogen-bond acceptors (Lipinski definition) is 5. The van der Waals surface area contributed by atoms with Gasteiger partial charge in [0, 0.05) is 24.6 Å². The summed E-state index contributed by atoms with van der Waals surface area (Å²) in [5.74, 6) is 5.97. The highest BCUT2D eigenvalue weighted by molar-refractivity contribution is 5.78. The molecule has 23 heavy (non-hydrogen) atoms. The molecule has 120 valence electrons. The quantitative estimate of drug-likeness (QED) is 0.511. The molecule has 2 heterocycles. The molecule has 0 saturated carbocycles. The molecule has 6 nitrogen and oxygen atoms in total. The summed E-state index contributed by atoms with van der Waals surface area (Å²) in [6.07, 6.45) is 1.56. The van der Waals surface area contributed by atoms with Crippen LogP contribution in [0.25, 0.3) is 11.3 Å². The molecule has 3 N–H and O–H groups in total. The number of carbonyl (C=O) groups excluding carboxylic acids is 1. The maximum atomic E-state index is 11.6. The molecule has 1 aliphatic heterocycles. The van der Waals surface area contributed by atoms with E-state index in [2.05, 4.69) is 51.7 Å². The van der Waals surface area contributed by atoms with Crippen LogP contribution in [0, 0.1) is 12.8 Å². The van der Waals surface area contributed by atoms with Crippen LogP contribution in [0.2, 0.25) is 0 Å². The van der Waals surface area contributed by atoms with Crippen molar-refractivity contribution in [2.24, 2.45) is 11.8 Å². The Morgan fingerprint density at radius 3 is 2.39 bits per heavy atom. The number of benzene rings is 1. The van der Waals surface area contributed by atoms with Gasteiger partial charge in [-0.05, 0) is 31.9 Å². The third-order valence-electron chi connectivity index (χ3n) is 4.33. The molecule has 0 spiro atoms. The van der Waals surface area contributed by atoms with Gasteiger partial charge in [0.2, 0.25) is 5.91 Å². The summed E-state index contributed by atoms with van der Waals surface area (Å²) in [6.45, 7) is 3.64. The second kappa shape index (κ2) is 6.75. The SMILES string of the molecule is Cc1ccc(-c2ccc(N3CCC(C(=O)NN)CC3)nn2)cc1. The lowest BCUT2D eigenvalue weighted by atomic mass is 9.96. The summed E-state index contributed by atoms with van der Waals surface area (Å²) in [6, 6.07) is 12.2. The van der Waals surface area contributed by atoms with E-state index in [1.807, 2.05) is 12.1 Å². The normalized spacial score (nSPS) is 15.5. The lowest BCUT2D eigenvalue weighted by molar-refractivity contribution is -0.125. The maximum absolute atomic E-state index is 11.6. The Labute approximate surface area is 135 Å². The molecule has 0 unspecified atom stereocenters. The van der Waals surface area contributed by atoms with Gasteiger partial charge in [0.1, 0.15) is 0 Å². The molecule has 3 rings (SSSR count). The number of amides is 1. The Hall–Kier alpha value is -2.47. The number of nitrogens with zero attached hydrogens (tertiary/aromatic N) is 3. The predicted molar refractivity (Wildman–Crippen MR) is 89.5 cm³/mol. The number of hydrazine groups is 1. The lowest BCUT2D eigenvalue weighted by Crippen LogP contribution is -2.43. The summed E-state index contributed by atoms with van der Waals surface area (Å²) in [5.41, 5.74) is 5.39. The second-order valence-electron chi connectivity index (χ2n) is 5.91. The third kappa shape index (κ3) is 3.48. The number of anilines is 1. The van der Waals surface area contributed by atoms with Crippen molar-refractivity contribution < 1.29 is 4.79 Å². The van der Waals surface area contributed by atoms with Crippen molar-refractivity contribution >= 4 is 11.7 Å². The Balaban J connectivity index is 1.66. The standard InChI is InChI=1S/C17H21N5O/c1-12-2-4-13(5-3-12)15-6-7-16(21-20-15)22-10-8-14(9-11-22)17(23)19-18/h2-7,14H,8-11,18H2,1H3,(H,19,23). The predicted octanol–water partition coefficient (Wildman–Crippen LogP) is 1.66. The fourth-order valence-corrected chi connectivity index (χ4v) is 2.86. The number of nitrogens with one attached hydrogen (secondary N) is 1. The molecule has 2 aromatic rings. The smallest absolute Gasteiger partial charge is 0.237 e. The van der Waals surface area contributed by atoms with Gasteiger partial charge in [0.25, 0.3) is 0 Å². The Morgan fingerprint density at radius 2 is 1.83 bits per heavy atom. The van der Waals surface area contributed by atoms with Crippen LogP contribution < -0.4 is 16.2 Å². The summed E-state index contributed by atoms with van der Waals surface area (Å²) < 4.78 is 0. The highest BCUT2D eigenvalue weighted by atomic mass is 16.2. The van der Waals surface area contributed by atoms with Crippen LogP contribution in [0.1, 0.15) is 18.4 Å². The van der Waals surface area contributed by atoms with Gasteiger partial charge in [-0.25, -0.2) is 5.84 Å². The van der Waals surface area contributed by atoms with E-state index in [1.165, 1.54) is 5.56 Å². The van der Waals surface area contributed by atoms with E-state index in [4.69, 9.17) is 5.84 Å². The van der Waals surface area contributed by atoms with Crippen LogP contribution in [0.3, 0.4) is 0 Å². The molecular formula is C17H21N5O. The van der Waals surface area contributed by atoms with Gasteiger partial charge in [-0.2, -0.15) is 0 Å². The molecule has 1 amide bonds. The summed E-state index contributed by atoms with van der Waals surface area (Å²) >= 11 is 0. The zero-order chi connectivity index (χ0) is 16.2. The Kier molecular flexibility index (Phi) is 4.52. The van der Waals surface area contributed by atoms with Gasteiger partial charge in [-0.1, -0.05) is 29.8 Å². The number of piperidine rings is 1. The molecule has 1 fully saturated rings. The van der Waals surface area contributed by atoms with Crippen molar-refractivity contribution in [2.45, 2.75) is 19.8 Å². The highest BCUT2D eigenvalue weighted by Gasteiger charge is 2.25. The first kappa shape index (κ1) is 15.4. The summed E-state index contributed by atoms with van der Waals surface area (Å²) in [7, 11) is 0. The van der Waals surface area contributed by atoms with E-state index < -0.39 is 0 Å². The lowest BCUT2D eigenvalue weighted by Gasteiger charge is -2.31. The molecule has 0 aliphatic carbocycles. The van der Waals surface area contributed by atoms with Crippen molar-refractivity contribution in [3.63, 3.8) is 0 Å². The zero-order valence-electron chi connectivity index (χ0n) is 13.2. The van der Waals surface area contributed by atoms with Gasteiger partial charge in [-0.15, -0.1) is 10.2 Å². The highest BCUT2D eigenvalue weighted by Crippen LogP contribution is 2.23. The van der Waals surface area contributed by atoms with E-state index in [0.29, 0.717) is 0 Å².